The first-order valence-electron chi connectivity index (χ1n) is 4.44. The summed E-state index contributed by atoms with van der Waals surface area (Å²) >= 11 is 0. The Morgan fingerprint density at radius 3 is 2.38 bits per heavy atom. The summed E-state index contributed by atoms with van der Waals surface area (Å²) in [6.07, 6.45) is 0. The Kier molecular flexibility index (Phi) is 2.28. The molecule has 6 heteroatoms. The van der Waals surface area contributed by atoms with Crippen molar-refractivity contribution in [1.29, 1.82) is 0 Å². The van der Waals surface area contributed by atoms with E-state index in [1.807, 2.05) is 0 Å². The number of amides is 2. The molecular weight excluding hydrogens is 214 g/mol. The van der Waals surface area contributed by atoms with Crippen LogP contribution in [0.15, 0.2) is 12.1 Å². The van der Waals surface area contributed by atoms with Crippen molar-refractivity contribution < 1.29 is 24.3 Å². The van der Waals surface area contributed by atoms with Gasteiger partial charge in [-0.15, -0.1) is 5.06 Å². The zero-order valence-electron chi connectivity index (χ0n) is 8.68. The van der Waals surface area contributed by atoms with Gasteiger partial charge in [0, 0.05) is 0 Å². The number of imide groups is 1. The van der Waals surface area contributed by atoms with Crippen LogP contribution in [-0.4, -0.2) is 36.3 Å². The monoisotopic (exact) mass is 223 g/mol. The van der Waals surface area contributed by atoms with Gasteiger partial charge in [-0.2, -0.15) is 0 Å². The highest BCUT2D eigenvalue weighted by Crippen LogP contribution is 2.37. The van der Waals surface area contributed by atoms with E-state index >= 15 is 0 Å². The van der Waals surface area contributed by atoms with Crippen LogP contribution in [0.5, 0.6) is 11.5 Å². The quantitative estimate of drug-likeness (QED) is 0.589. The second kappa shape index (κ2) is 3.49. The van der Waals surface area contributed by atoms with Gasteiger partial charge in [-0.1, -0.05) is 0 Å². The van der Waals surface area contributed by atoms with Gasteiger partial charge in [-0.05, 0) is 12.1 Å². The highest BCUT2D eigenvalue weighted by atomic mass is 16.5. The fourth-order valence-electron chi connectivity index (χ4n) is 1.63. The number of nitrogens with zero attached hydrogens (tertiary/aromatic N) is 1. The van der Waals surface area contributed by atoms with Crippen molar-refractivity contribution in [3.05, 3.63) is 23.3 Å². The number of carbonyl (C=O) groups excluding carboxylic acids is 2. The SMILES string of the molecule is COc1ccc2c(c1OC)C(=O)N(O)C2=O. The topological polar surface area (TPSA) is 76.1 Å². The summed E-state index contributed by atoms with van der Waals surface area (Å²) in [6.45, 7) is 0. The van der Waals surface area contributed by atoms with E-state index in [1.165, 1.54) is 26.4 Å². The molecule has 84 valence electrons. The third-order valence-corrected chi connectivity index (χ3v) is 2.37. The number of hydrogen-bond donors (Lipinski definition) is 1. The van der Waals surface area contributed by atoms with Gasteiger partial charge in [0.25, 0.3) is 11.8 Å². The predicted octanol–water partition coefficient (Wildman–Crippen LogP) is 0.689. The summed E-state index contributed by atoms with van der Waals surface area (Å²) in [4.78, 5) is 23.0. The van der Waals surface area contributed by atoms with Crippen LogP contribution in [0.25, 0.3) is 0 Å². The van der Waals surface area contributed by atoms with Gasteiger partial charge < -0.3 is 9.47 Å². The maximum absolute atomic E-state index is 11.6. The van der Waals surface area contributed by atoms with Crippen LogP contribution in [0.3, 0.4) is 0 Å². The lowest BCUT2D eigenvalue weighted by Gasteiger charge is -2.09. The number of carbonyl (C=O) groups is 2. The first-order chi connectivity index (χ1) is 7.61. The van der Waals surface area contributed by atoms with Gasteiger partial charge in [-0.25, -0.2) is 0 Å². The molecule has 0 aromatic heterocycles. The maximum atomic E-state index is 11.6. The number of hydroxylamine groups is 2. The van der Waals surface area contributed by atoms with Crippen molar-refractivity contribution >= 4 is 11.8 Å². The Morgan fingerprint density at radius 2 is 1.81 bits per heavy atom. The second-order valence-electron chi connectivity index (χ2n) is 3.15. The molecule has 0 unspecified atom stereocenters. The molecule has 0 atom stereocenters. The van der Waals surface area contributed by atoms with E-state index in [9.17, 15) is 14.8 Å². The first kappa shape index (κ1) is 10.4. The third kappa shape index (κ3) is 1.17. The van der Waals surface area contributed by atoms with E-state index in [2.05, 4.69) is 0 Å². The van der Waals surface area contributed by atoms with Gasteiger partial charge in [0.2, 0.25) is 0 Å². The summed E-state index contributed by atoms with van der Waals surface area (Å²) in [7, 11) is 2.78. The van der Waals surface area contributed by atoms with Crippen LogP contribution in [0.4, 0.5) is 0 Å². The highest BCUT2D eigenvalue weighted by Gasteiger charge is 2.38. The predicted molar refractivity (Wildman–Crippen MR) is 51.8 cm³/mol. The lowest BCUT2D eigenvalue weighted by Crippen LogP contribution is -2.25. The molecule has 1 aromatic carbocycles. The van der Waals surface area contributed by atoms with Crippen molar-refractivity contribution in [2.24, 2.45) is 0 Å². The minimum Gasteiger partial charge on any atom is -0.493 e. The van der Waals surface area contributed by atoms with Crippen molar-refractivity contribution in [1.82, 2.24) is 5.06 Å². The maximum Gasteiger partial charge on any atom is 0.289 e. The molecular formula is C10H9NO5. The molecule has 0 fully saturated rings. The zero-order valence-corrected chi connectivity index (χ0v) is 8.68. The molecule has 0 saturated heterocycles. The van der Waals surface area contributed by atoms with Crippen LogP contribution >= 0.6 is 0 Å². The lowest BCUT2D eigenvalue weighted by atomic mass is 10.1. The Labute approximate surface area is 90.9 Å². The van der Waals surface area contributed by atoms with Crippen molar-refractivity contribution in [3.8, 4) is 11.5 Å². The number of ether oxygens (including phenoxy) is 2. The van der Waals surface area contributed by atoms with Gasteiger partial charge in [0.05, 0.1) is 19.8 Å². The van der Waals surface area contributed by atoms with Crippen LogP contribution in [0, 0.1) is 0 Å². The molecule has 1 N–H and O–H groups in total. The minimum atomic E-state index is -0.809. The second-order valence-corrected chi connectivity index (χ2v) is 3.15. The summed E-state index contributed by atoms with van der Waals surface area (Å²) in [5.74, 6) is -1.09. The highest BCUT2D eigenvalue weighted by molar-refractivity contribution is 6.22. The molecule has 1 aliphatic rings. The largest absolute Gasteiger partial charge is 0.493 e. The first-order valence-corrected chi connectivity index (χ1v) is 4.44. The number of methoxy groups -OCH3 is 2. The third-order valence-electron chi connectivity index (χ3n) is 2.37. The lowest BCUT2D eigenvalue weighted by molar-refractivity contribution is -0.0328. The molecule has 6 nitrogen and oxygen atoms in total. The Morgan fingerprint density at radius 1 is 1.12 bits per heavy atom. The van der Waals surface area contributed by atoms with E-state index < -0.39 is 11.8 Å². The summed E-state index contributed by atoms with van der Waals surface area (Å²) < 4.78 is 10.0. The van der Waals surface area contributed by atoms with E-state index in [0.717, 1.165) is 0 Å². The van der Waals surface area contributed by atoms with Crippen molar-refractivity contribution in [3.63, 3.8) is 0 Å². The van der Waals surface area contributed by atoms with Crippen molar-refractivity contribution in [2.45, 2.75) is 0 Å². The Hall–Kier alpha value is -2.08. The van der Waals surface area contributed by atoms with Crippen LogP contribution in [0.1, 0.15) is 20.7 Å². The van der Waals surface area contributed by atoms with Crippen LogP contribution in [0.2, 0.25) is 0 Å². The van der Waals surface area contributed by atoms with E-state index in [0.29, 0.717) is 5.75 Å². The van der Waals surface area contributed by atoms with Gasteiger partial charge in [0.15, 0.2) is 11.5 Å². The molecule has 0 saturated carbocycles. The Bertz CT molecular complexity index is 482. The molecule has 1 aliphatic heterocycles. The number of hydrogen-bond acceptors (Lipinski definition) is 5. The van der Waals surface area contributed by atoms with Gasteiger partial charge in [0.1, 0.15) is 5.56 Å². The van der Waals surface area contributed by atoms with Gasteiger partial charge in [-0.3, -0.25) is 14.8 Å². The smallest absolute Gasteiger partial charge is 0.289 e. The van der Waals surface area contributed by atoms with E-state index in [1.54, 1.807) is 0 Å². The number of rotatable bonds is 2. The Balaban J connectivity index is 2.71. The molecule has 1 heterocycles. The summed E-state index contributed by atoms with van der Waals surface area (Å²) in [5, 5.41) is 9.27. The summed E-state index contributed by atoms with van der Waals surface area (Å²) in [6, 6.07) is 2.91. The number of benzene rings is 1. The molecule has 1 aromatic rings. The molecule has 0 aliphatic carbocycles. The fraction of sp³-hybridized carbons (Fsp3) is 0.200. The van der Waals surface area contributed by atoms with E-state index in [-0.39, 0.29) is 21.9 Å². The van der Waals surface area contributed by atoms with E-state index in [4.69, 9.17) is 9.47 Å². The summed E-state index contributed by atoms with van der Waals surface area (Å²) in [5.41, 5.74) is 0.125. The van der Waals surface area contributed by atoms with Crippen LogP contribution in [-0.2, 0) is 0 Å². The number of fused-ring (bicyclic) bond motifs is 1. The fourth-order valence-corrected chi connectivity index (χ4v) is 1.63. The molecule has 0 spiro atoms. The van der Waals surface area contributed by atoms with Crippen molar-refractivity contribution in [2.75, 3.05) is 14.2 Å². The molecule has 0 radical (unpaired) electrons. The minimum absolute atomic E-state index is 0.0225. The molecule has 2 amide bonds. The van der Waals surface area contributed by atoms with Gasteiger partial charge >= 0.3 is 0 Å². The standard InChI is InChI=1S/C10H9NO5/c1-15-6-4-3-5-7(8(6)16-2)10(13)11(14)9(5)12/h3-4,14H,1-2H3. The molecule has 0 bridgehead atoms. The average molecular weight is 223 g/mol. The zero-order chi connectivity index (χ0) is 11.9. The normalized spacial score (nSPS) is 14.1. The molecule has 16 heavy (non-hydrogen) atoms. The molecule has 2 rings (SSSR count). The average Bonchev–Trinajstić information content (AvgIpc) is 2.53. The van der Waals surface area contributed by atoms with Crippen LogP contribution < -0.4 is 9.47 Å².